The van der Waals surface area contributed by atoms with Crippen LogP contribution in [0.3, 0.4) is 0 Å². The summed E-state index contributed by atoms with van der Waals surface area (Å²) in [6, 6.07) is 4.09. The van der Waals surface area contributed by atoms with Gasteiger partial charge in [0.2, 0.25) is 0 Å². The maximum absolute atomic E-state index is 11.5. The molecule has 2 fully saturated rings. The molecule has 2 N–H and O–H groups in total. The predicted molar refractivity (Wildman–Crippen MR) is 108 cm³/mol. The quantitative estimate of drug-likeness (QED) is 0.837. The number of hydrogen-bond donors (Lipinski definition) is 2. The normalized spacial score (nSPS) is 21.6. The number of aromatic nitrogens is 1. The van der Waals surface area contributed by atoms with Gasteiger partial charge in [0.05, 0.1) is 17.8 Å². The summed E-state index contributed by atoms with van der Waals surface area (Å²) >= 11 is 0. The fourth-order valence-electron chi connectivity index (χ4n) is 3.27. The van der Waals surface area contributed by atoms with Gasteiger partial charge < -0.3 is 15.3 Å². The molecule has 0 aromatic carbocycles. The first-order valence-corrected chi connectivity index (χ1v) is 9.98. The van der Waals surface area contributed by atoms with E-state index in [1.54, 1.807) is 19.3 Å². The summed E-state index contributed by atoms with van der Waals surface area (Å²) in [6.45, 7) is 11.7. The fraction of sp³-hybridized carbons (Fsp3) is 0.650. The lowest BCUT2D eigenvalue weighted by atomic mass is 9.79. The van der Waals surface area contributed by atoms with Crippen LogP contribution in [-0.4, -0.2) is 66.1 Å². The molecule has 1 aliphatic heterocycles. The van der Waals surface area contributed by atoms with E-state index in [9.17, 15) is 9.59 Å². The highest BCUT2D eigenvalue weighted by molar-refractivity contribution is 5.92. The first-order chi connectivity index (χ1) is 13.1. The van der Waals surface area contributed by atoms with Gasteiger partial charge in [-0.2, -0.15) is 0 Å². The SMILES string of the molecule is CC.CC.CNC(=O)c1ccc(N2CCN(C3CC(C(=O)O)C3)CC2)cn1. The number of pyridine rings is 1. The molecule has 2 heterocycles. The molecule has 1 aliphatic carbocycles. The number of carbonyl (C=O) groups is 2. The number of rotatable bonds is 4. The number of carbonyl (C=O) groups excluding carboxylic acids is 1. The zero-order chi connectivity index (χ0) is 20.4. The van der Waals surface area contributed by atoms with E-state index in [0.29, 0.717) is 11.7 Å². The Kier molecular flexibility index (Phi) is 9.78. The average Bonchev–Trinajstić information content (AvgIpc) is 2.70. The number of piperazine rings is 1. The van der Waals surface area contributed by atoms with Crippen LogP contribution in [0.15, 0.2) is 18.3 Å². The first-order valence-electron chi connectivity index (χ1n) is 9.98. The van der Waals surface area contributed by atoms with Gasteiger partial charge in [-0.3, -0.25) is 14.5 Å². The minimum Gasteiger partial charge on any atom is -0.481 e. The number of hydrogen-bond acceptors (Lipinski definition) is 5. The van der Waals surface area contributed by atoms with Crippen molar-refractivity contribution in [1.82, 2.24) is 15.2 Å². The summed E-state index contributed by atoms with van der Waals surface area (Å²) < 4.78 is 0. The molecule has 2 aliphatic rings. The van der Waals surface area contributed by atoms with Crippen molar-refractivity contribution in [1.29, 1.82) is 0 Å². The van der Waals surface area contributed by atoms with E-state index in [1.807, 2.05) is 33.8 Å². The number of carboxylic acids is 1. The molecule has 0 unspecified atom stereocenters. The van der Waals surface area contributed by atoms with Crippen LogP contribution in [0.2, 0.25) is 0 Å². The van der Waals surface area contributed by atoms with Gasteiger partial charge in [0.25, 0.3) is 5.91 Å². The molecule has 7 nitrogen and oxygen atoms in total. The van der Waals surface area contributed by atoms with Crippen molar-refractivity contribution in [3.05, 3.63) is 24.0 Å². The molecule has 0 radical (unpaired) electrons. The summed E-state index contributed by atoms with van der Waals surface area (Å²) in [5.74, 6) is -0.999. The van der Waals surface area contributed by atoms with E-state index in [2.05, 4.69) is 20.1 Å². The Morgan fingerprint density at radius 2 is 1.67 bits per heavy atom. The average molecular weight is 379 g/mol. The van der Waals surface area contributed by atoms with Crippen LogP contribution in [0.25, 0.3) is 0 Å². The van der Waals surface area contributed by atoms with Gasteiger partial charge in [-0.1, -0.05) is 27.7 Å². The monoisotopic (exact) mass is 378 g/mol. The van der Waals surface area contributed by atoms with Crippen LogP contribution in [0.1, 0.15) is 51.0 Å². The van der Waals surface area contributed by atoms with Gasteiger partial charge in [0.1, 0.15) is 5.69 Å². The molecule has 27 heavy (non-hydrogen) atoms. The number of nitrogens with one attached hydrogen (secondary N) is 1. The van der Waals surface area contributed by atoms with E-state index in [-0.39, 0.29) is 11.8 Å². The van der Waals surface area contributed by atoms with E-state index in [0.717, 1.165) is 44.7 Å². The largest absolute Gasteiger partial charge is 0.481 e. The van der Waals surface area contributed by atoms with Crippen LogP contribution in [0.4, 0.5) is 5.69 Å². The van der Waals surface area contributed by atoms with E-state index >= 15 is 0 Å². The molecular weight excluding hydrogens is 344 g/mol. The van der Waals surface area contributed by atoms with Crippen LogP contribution in [0.5, 0.6) is 0 Å². The number of nitrogens with zero attached hydrogens (tertiary/aromatic N) is 3. The van der Waals surface area contributed by atoms with Gasteiger partial charge >= 0.3 is 5.97 Å². The molecule has 3 rings (SSSR count). The highest BCUT2D eigenvalue weighted by Crippen LogP contribution is 2.32. The second-order valence-corrected chi connectivity index (χ2v) is 6.16. The highest BCUT2D eigenvalue weighted by atomic mass is 16.4. The predicted octanol–water partition coefficient (Wildman–Crippen LogP) is 2.48. The molecule has 1 aromatic rings. The third kappa shape index (κ3) is 5.92. The Balaban J connectivity index is 0.000000855. The molecule has 0 atom stereocenters. The van der Waals surface area contributed by atoms with Crippen molar-refractivity contribution in [3.8, 4) is 0 Å². The number of amides is 1. The van der Waals surface area contributed by atoms with Gasteiger partial charge in [0, 0.05) is 39.3 Å². The summed E-state index contributed by atoms with van der Waals surface area (Å²) in [5.41, 5.74) is 1.44. The lowest BCUT2D eigenvalue weighted by Gasteiger charge is -2.45. The maximum atomic E-state index is 11.5. The number of anilines is 1. The van der Waals surface area contributed by atoms with Crippen LogP contribution in [-0.2, 0) is 4.79 Å². The van der Waals surface area contributed by atoms with Crippen LogP contribution >= 0.6 is 0 Å². The van der Waals surface area contributed by atoms with Crippen molar-refractivity contribution in [2.24, 2.45) is 5.92 Å². The topological polar surface area (TPSA) is 85.8 Å². The standard InChI is InChI=1S/C16H22N4O3.2C2H6/c1-17-15(21)14-3-2-12(10-18-14)19-4-6-20(7-5-19)13-8-11(9-13)16(22)23;2*1-2/h2-3,10-11,13H,4-9H2,1H3,(H,17,21)(H,22,23);2*1-2H3. The molecule has 1 aromatic heterocycles. The Hall–Kier alpha value is -2.15. The van der Waals surface area contributed by atoms with Gasteiger partial charge in [0.15, 0.2) is 0 Å². The third-order valence-corrected chi connectivity index (χ3v) is 4.87. The zero-order valence-corrected chi connectivity index (χ0v) is 17.2. The van der Waals surface area contributed by atoms with Gasteiger partial charge in [-0.25, -0.2) is 4.98 Å². The Morgan fingerprint density at radius 1 is 1.07 bits per heavy atom. The van der Waals surface area contributed by atoms with Crippen molar-refractivity contribution >= 4 is 17.6 Å². The maximum Gasteiger partial charge on any atom is 0.306 e. The second kappa shape index (κ2) is 11.5. The van der Waals surface area contributed by atoms with Crippen LogP contribution in [0, 0.1) is 5.92 Å². The lowest BCUT2D eigenvalue weighted by Crippen LogP contribution is -2.55. The molecule has 7 heteroatoms. The third-order valence-electron chi connectivity index (χ3n) is 4.87. The highest BCUT2D eigenvalue weighted by Gasteiger charge is 2.38. The number of aliphatic carboxylic acids is 1. The van der Waals surface area contributed by atoms with Gasteiger partial charge in [-0.15, -0.1) is 0 Å². The Morgan fingerprint density at radius 3 is 2.11 bits per heavy atom. The summed E-state index contributed by atoms with van der Waals surface area (Å²) in [6.07, 6.45) is 3.29. The summed E-state index contributed by atoms with van der Waals surface area (Å²) in [5, 5.41) is 11.5. The molecule has 1 amide bonds. The van der Waals surface area contributed by atoms with Crippen molar-refractivity contribution in [2.75, 3.05) is 38.1 Å². The minimum absolute atomic E-state index is 0.153. The van der Waals surface area contributed by atoms with E-state index < -0.39 is 5.97 Å². The zero-order valence-electron chi connectivity index (χ0n) is 17.2. The molecule has 1 saturated heterocycles. The second-order valence-electron chi connectivity index (χ2n) is 6.16. The smallest absolute Gasteiger partial charge is 0.306 e. The minimum atomic E-state index is -0.665. The molecular formula is C20H34N4O3. The molecule has 0 bridgehead atoms. The number of carboxylic acid groups (broad SMARTS) is 1. The molecule has 0 spiro atoms. The molecule has 152 valence electrons. The Bertz CT molecular complexity index is 577. The van der Waals surface area contributed by atoms with Crippen LogP contribution < -0.4 is 10.2 Å². The first kappa shape index (κ1) is 22.9. The Labute approximate surface area is 162 Å². The van der Waals surface area contributed by atoms with Crippen molar-refractivity contribution < 1.29 is 14.7 Å². The molecule has 1 saturated carbocycles. The summed E-state index contributed by atoms with van der Waals surface area (Å²) in [4.78, 5) is 31.2. The lowest BCUT2D eigenvalue weighted by molar-refractivity contribution is -0.147. The van der Waals surface area contributed by atoms with Crippen molar-refractivity contribution in [2.45, 2.75) is 46.6 Å². The summed E-state index contributed by atoms with van der Waals surface area (Å²) in [7, 11) is 1.59. The van der Waals surface area contributed by atoms with Crippen molar-refractivity contribution in [3.63, 3.8) is 0 Å². The van der Waals surface area contributed by atoms with E-state index in [1.165, 1.54) is 0 Å². The van der Waals surface area contributed by atoms with E-state index in [4.69, 9.17) is 5.11 Å². The fourth-order valence-corrected chi connectivity index (χ4v) is 3.27. The van der Waals surface area contributed by atoms with Gasteiger partial charge in [-0.05, 0) is 25.0 Å².